The summed E-state index contributed by atoms with van der Waals surface area (Å²) in [5, 5.41) is 5.35. The van der Waals surface area contributed by atoms with Crippen molar-refractivity contribution in [1.82, 2.24) is 10.6 Å². The van der Waals surface area contributed by atoms with Gasteiger partial charge in [-0.3, -0.25) is 4.79 Å². The minimum atomic E-state index is -4.34. The number of alkyl halides is 3. The van der Waals surface area contributed by atoms with E-state index in [1.165, 1.54) is 0 Å². The Balaban J connectivity index is 2.12. The molecule has 0 spiro atoms. The summed E-state index contributed by atoms with van der Waals surface area (Å²) in [5.74, 6) is -0.422. The summed E-state index contributed by atoms with van der Waals surface area (Å²) in [4.78, 5) is 12.3. The van der Waals surface area contributed by atoms with Crippen molar-refractivity contribution in [3.63, 3.8) is 0 Å². The molecular formula is C12H19F3N2O. The van der Waals surface area contributed by atoms with Crippen LogP contribution < -0.4 is 10.6 Å². The molecule has 0 aromatic rings. The lowest BCUT2D eigenvalue weighted by molar-refractivity contribution is -0.173. The van der Waals surface area contributed by atoms with Crippen molar-refractivity contribution in [3.05, 3.63) is 0 Å². The molecule has 0 bridgehead atoms. The molecule has 2 rings (SSSR count). The number of hydrogen-bond acceptors (Lipinski definition) is 2. The van der Waals surface area contributed by atoms with Crippen LogP contribution in [-0.4, -0.2) is 30.7 Å². The highest BCUT2D eigenvalue weighted by Gasteiger charge is 2.65. The predicted octanol–water partition coefficient (Wildman–Crippen LogP) is 1.83. The van der Waals surface area contributed by atoms with Gasteiger partial charge in [-0.1, -0.05) is 13.8 Å². The molecule has 1 amide bonds. The molecule has 1 aliphatic heterocycles. The van der Waals surface area contributed by atoms with Crippen molar-refractivity contribution in [2.45, 2.75) is 44.8 Å². The van der Waals surface area contributed by atoms with Gasteiger partial charge in [0.2, 0.25) is 5.91 Å². The summed E-state index contributed by atoms with van der Waals surface area (Å²) >= 11 is 0. The van der Waals surface area contributed by atoms with Gasteiger partial charge in [0.1, 0.15) is 5.54 Å². The van der Waals surface area contributed by atoms with Crippen LogP contribution in [0.25, 0.3) is 0 Å². The number of nitrogens with one attached hydrogen (secondary N) is 2. The van der Waals surface area contributed by atoms with Gasteiger partial charge in [-0.2, -0.15) is 13.2 Å². The second-order valence-electron chi connectivity index (χ2n) is 5.77. The molecule has 0 aromatic heterocycles. The maximum Gasteiger partial charge on any atom is 0.411 e. The van der Waals surface area contributed by atoms with E-state index in [9.17, 15) is 18.0 Å². The molecular weight excluding hydrogens is 245 g/mol. The van der Waals surface area contributed by atoms with Gasteiger partial charge in [-0.25, -0.2) is 0 Å². The first-order valence-corrected chi connectivity index (χ1v) is 6.34. The molecule has 1 heterocycles. The highest BCUT2D eigenvalue weighted by molar-refractivity contribution is 5.84. The van der Waals surface area contributed by atoms with Crippen molar-refractivity contribution < 1.29 is 18.0 Å². The minimum Gasteiger partial charge on any atom is -0.341 e. The van der Waals surface area contributed by atoms with Gasteiger partial charge >= 0.3 is 6.18 Å². The highest BCUT2D eigenvalue weighted by Crippen LogP contribution is 2.50. The number of halogens is 3. The second kappa shape index (κ2) is 4.11. The van der Waals surface area contributed by atoms with Crippen LogP contribution in [0.3, 0.4) is 0 Å². The third kappa shape index (κ3) is 2.00. The maximum atomic E-state index is 12.8. The Morgan fingerprint density at radius 1 is 1.28 bits per heavy atom. The summed E-state index contributed by atoms with van der Waals surface area (Å²) < 4.78 is 38.5. The topological polar surface area (TPSA) is 41.1 Å². The highest BCUT2D eigenvalue weighted by atomic mass is 19.4. The smallest absolute Gasteiger partial charge is 0.341 e. The van der Waals surface area contributed by atoms with Gasteiger partial charge in [0.05, 0.1) is 5.41 Å². The average Bonchev–Trinajstić information content (AvgIpc) is 2.87. The molecule has 1 aliphatic carbocycles. The van der Waals surface area contributed by atoms with Crippen molar-refractivity contribution in [2.75, 3.05) is 13.1 Å². The van der Waals surface area contributed by atoms with Crippen LogP contribution >= 0.6 is 0 Å². The summed E-state index contributed by atoms with van der Waals surface area (Å²) in [6.07, 6.45) is -3.73. The standard InChI is InChI=1S/C12H19F3N2O/c1-8(2)10(5-6-16-7-10)9(18)17-11(3-4-11)12(13,14)15/h8,16H,3-7H2,1-2H3,(H,17,18). The van der Waals surface area contributed by atoms with Crippen LogP contribution in [0.5, 0.6) is 0 Å². The lowest BCUT2D eigenvalue weighted by Gasteiger charge is -2.33. The van der Waals surface area contributed by atoms with Gasteiger partial charge in [0.25, 0.3) is 0 Å². The molecule has 2 aliphatic rings. The largest absolute Gasteiger partial charge is 0.411 e. The van der Waals surface area contributed by atoms with E-state index in [0.717, 1.165) is 0 Å². The van der Waals surface area contributed by atoms with E-state index in [2.05, 4.69) is 10.6 Å². The Hall–Kier alpha value is -0.780. The van der Waals surface area contributed by atoms with E-state index in [-0.39, 0.29) is 18.8 Å². The maximum absolute atomic E-state index is 12.8. The van der Waals surface area contributed by atoms with Gasteiger partial charge in [-0.05, 0) is 31.7 Å². The molecule has 104 valence electrons. The summed E-state index contributed by atoms with van der Waals surface area (Å²) in [7, 11) is 0. The molecule has 3 nitrogen and oxygen atoms in total. The number of amides is 1. The zero-order valence-corrected chi connectivity index (χ0v) is 10.7. The molecule has 0 radical (unpaired) electrons. The van der Waals surface area contributed by atoms with Crippen molar-refractivity contribution in [3.8, 4) is 0 Å². The minimum absolute atomic E-state index is 0.00381. The van der Waals surface area contributed by atoms with Crippen LogP contribution in [0.4, 0.5) is 13.2 Å². The fraction of sp³-hybridized carbons (Fsp3) is 0.917. The summed E-state index contributed by atoms with van der Waals surface area (Å²) in [6, 6.07) is 0. The van der Waals surface area contributed by atoms with Crippen LogP contribution in [0, 0.1) is 11.3 Å². The van der Waals surface area contributed by atoms with Crippen molar-refractivity contribution in [1.29, 1.82) is 0 Å². The third-order valence-electron chi connectivity index (χ3n) is 4.39. The van der Waals surface area contributed by atoms with Crippen LogP contribution in [0.2, 0.25) is 0 Å². The molecule has 18 heavy (non-hydrogen) atoms. The van der Waals surface area contributed by atoms with E-state index in [0.29, 0.717) is 19.5 Å². The van der Waals surface area contributed by atoms with Crippen LogP contribution in [0.15, 0.2) is 0 Å². The molecule has 1 unspecified atom stereocenters. The number of rotatable bonds is 3. The molecule has 1 saturated heterocycles. The Morgan fingerprint density at radius 3 is 2.22 bits per heavy atom. The van der Waals surface area contributed by atoms with Gasteiger partial charge in [-0.15, -0.1) is 0 Å². The fourth-order valence-corrected chi connectivity index (χ4v) is 2.61. The SMILES string of the molecule is CC(C)C1(C(=O)NC2(C(F)(F)F)CC2)CCNC1. The normalized spacial score (nSPS) is 30.6. The molecule has 1 saturated carbocycles. The average molecular weight is 264 g/mol. The van der Waals surface area contributed by atoms with E-state index >= 15 is 0 Å². The Bertz CT molecular complexity index is 342. The Kier molecular flexibility index (Phi) is 3.12. The first-order chi connectivity index (χ1) is 8.24. The number of hydrogen-bond donors (Lipinski definition) is 2. The Morgan fingerprint density at radius 2 is 1.89 bits per heavy atom. The van der Waals surface area contributed by atoms with E-state index in [4.69, 9.17) is 0 Å². The van der Waals surface area contributed by atoms with E-state index in [1.807, 2.05) is 13.8 Å². The molecule has 0 aromatic carbocycles. The zero-order valence-electron chi connectivity index (χ0n) is 10.7. The van der Waals surface area contributed by atoms with Gasteiger partial charge < -0.3 is 10.6 Å². The summed E-state index contributed by atoms with van der Waals surface area (Å²) in [6.45, 7) is 4.93. The molecule has 2 fully saturated rings. The van der Waals surface area contributed by atoms with Crippen LogP contribution in [0.1, 0.15) is 33.1 Å². The summed E-state index contributed by atoms with van der Waals surface area (Å²) in [5.41, 5.74) is -2.64. The zero-order chi connectivity index (χ0) is 13.6. The first-order valence-electron chi connectivity index (χ1n) is 6.34. The lowest BCUT2D eigenvalue weighted by Crippen LogP contribution is -2.55. The van der Waals surface area contributed by atoms with Crippen molar-refractivity contribution >= 4 is 5.91 Å². The second-order valence-corrected chi connectivity index (χ2v) is 5.77. The van der Waals surface area contributed by atoms with Gasteiger partial charge in [0.15, 0.2) is 0 Å². The number of carbonyl (C=O) groups excluding carboxylic acids is 1. The van der Waals surface area contributed by atoms with E-state index < -0.39 is 23.0 Å². The number of carbonyl (C=O) groups is 1. The molecule has 1 atom stereocenters. The fourth-order valence-electron chi connectivity index (χ4n) is 2.61. The van der Waals surface area contributed by atoms with E-state index in [1.54, 1.807) is 0 Å². The van der Waals surface area contributed by atoms with Gasteiger partial charge in [0, 0.05) is 6.54 Å². The monoisotopic (exact) mass is 264 g/mol. The molecule has 6 heteroatoms. The Labute approximate surface area is 104 Å². The third-order valence-corrected chi connectivity index (χ3v) is 4.39. The first kappa shape index (κ1) is 13.6. The lowest BCUT2D eigenvalue weighted by atomic mass is 9.75. The van der Waals surface area contributed by atoms with Crippen molar-refractivity contribution in [2.24, 2.45) is 11.3 Å². The quantitative estimate of drug-likeness (QED) is 0.816. The molecule has 2 N–H and O–H groups in total. The van der Waals surface area contributed by atoms with Crippen LogP contribution in [-0.2, 0) is 4.79 Å². The predicted molar refractivity (Wildman–Crippen MR) is 60.9 cm³/mol.